The van der Waals surface area contributed by atoms with Gasteiger partial charge in [0.15, 0.2) is 0 Å². The number of hydrogen-bond donors (Lipinski definition) is 1. The van der Waals surface area contributed by atoms with Crippen LogP contribution in [0.1, 0.15) is 37.4 Å². The van der Waals surface area contributed by atoms with Crippen LogP contribution in [-0.4, -0.2) is 21.2 Å². The summed E-state index contributed by atoms with van der Waals surface area (Å²) < 4.78 is 1.90. The van der Waals surface area contributed by atoms with Gasteiger partial charge in [-0.25, -0.2) is 4.68 Å². The topological polar surface area (TPSA) is 73.0 Å². The Bertz CT molecular complexity index is 676. The van der Waals surface area contributed by atoms with Gasteiger partial charge in [-0.15, -0.1) is 0 Å². The number of anilines is 1. The number of hydrogen-bond acceptors (Lipinski definition) is 4. The van der Waals surface area contributed by atoms with Crippen molar-refractivity contribution in [1.82, 2.24) is 9.78 Å². The third-order valence-electron chi connectivity index (χ3n) is 4.00. The Hall–Kier alpha value is -2.37. The number of benzene rings is 1. The van der Waals surface area contributed by atoms with Crippen molar-refractivity contribution in [2.45, 2.75) is 39.0 Å². The molecular formula is C16H20N4O2. The SMILES string of the molecule is CCCc1nn(-c2ccc([N+](=O)[O-])cc2)c2c1CCCCN2. The summed E-state index contributed by atoms with van der Waals surface area (Å²) in [6.45, 7) is 3.10. The van der Waals surface area contributed by atoms with E-state index in [1.807, 2.05) is 4.68 Å². The van der Waals surface area contributed by atoms with Gasteiger partial charge in [0.1, 0.15) is 5.82 Å². The lowest BCUT2D eigenvalue weighted by Crippen LogP contribution is -2.07. The van der Waals surface area contributed by atoms with Gasteiger partial charge in [0.2, 0.25) is 0 Å². The number of nitrogens with zero attached hydrogens (tertiary/aromatic N) is 3. The summed E-state index contributed by atoms with van der Waals surface area (Å²) in [4.78, 5) is 10.4. The van der Waals surface area contributed by atoms with Gasteiger partial charge in [-0.1, -0.05) is 13.3 Å². The van der Waals surface area contributed by atoms with E-state index in [0.717, 1.165) is 49.4 Å². The van der Waals surface area contributed by atoms with Gasteiger partial charge in [0.25, 0.3) is 5.69 Å². The largest absolute Gasteiger partial charge is 0.370 e. The number of aromatic nitrogens is 2. The number of nitrogens with one attached hydrogen (secondary N) is 1. The minimum absolute atomic E-state index is 0.101. The second-order valence-electron chi connectivity index (χ2n) is 5.59. The summed E-state index contributed by atoms with van der Waals surface area (Å²) in [7, 11) is 0. The van der Waals surface area contributed by atoms with E-state index in [9.17, 15) is 10.1 Å². The minimum Gasteiger partial charge on any atom is -0.370 e. The van der Waals surface area contributed by atoms with Crippen molar-refractivity contribution in [3.8, 4) is 5.69 Å². The fourth-order valence-electron chi connectivity index (χ4n) is 2.91. The van der Waals surface area contributed by atoms with E-state index in [2.05, 4.69) is 12.2 Å². The van der Waals surface area contributed by atoms with Crippen LogP contribution in [0.5, 0.6) is 0 Å². The lowest BCUT2D eigenvalue weighted by atomic mass is 10.1. The highest BCUT2D eigenvalue weighted by molar-refractivity contribution is 5.55. The molecule has 1 aromatic carbocycles. The number of rotatable bonds is 4. The lowest BCUT2D eigenvalue weighted by Gasteiger charge is -2.09. The Labute approximate surface area is 129 Å². The van der Waals surface area contributed by atoms with E-state index in [1.165, 1.54) is 24.1 Å². The van der Waals surface area contributed by atoms with Crippen molar-refractivity contribution in [3.63, 3.8) is 0 Å². The molecule has 3 rings (SSSR count). The van der Waals surface area contributed by atoms with Crippen LogP contribution in [0.3, 0.4) is 0 Å². The molecule has 6 nitrogen and oxygen atoms in total. The fourth-order valence-corrected chi connectivity index (χ4v) is 2.91. The minimum atomic E-state index is -0.381. The van der Waals surface area contributed by atoms with Crippen molar-refractivity contribution >= 4 is 11.5 Å². The normalized spacial score (nSPS) is 14.0. The third kappa shape index (κ3) is 2.68. The van der Waals surface area contributed by atoms with Gasteiger partial charge in [0, 0.05) is 24.2 Å². The molecule has 0 bridgehead atoms. The van der Waals surface area contributed by atoms with Gasteiger partial charge in [-0.3, -0.25) is 10.1 Å². The van der Waals surface area contributed by atoms with E-state index < -0.39 is 0 Å². The molecule has 1 aromatic heterocycles. The Morgan fingerprint density at radius 1 is 1.32 bits per heavy atom. The molecule has 0 saturated heterocycles. The number of nitro benzene ring substituents is 1. The molecule has 0 unspecified atom stereocenters. The summed E-state index contributed by atoms with van der Waals surface area (Å²) in [5.74, 6) is 1.05. The first kappa shape index (κ1) is 14.6. The zero-order valence-electron chi connectivity index (χ0n) is 12.7. The summed E-state index contributed by atoms with van der Waals surface area (Å²) in [5, 5.41) is 19.0. The number of non-ortho nitro benzene ring substituents is 1. The molecule has 0 saturated carbocycles. The second kappa shape index (κ2) is 6.17. The molecule has 1 aliphatic rings. The Morgan fingerprint density at radius 3 is 2.77 bits per heavy atom. The van der Waals surface area contributed by atoms with Crippen LogP contribution in [0.2, 0.25) is 0 Å². The van der Waals surface area contributed by atoms with E-state index >= 15 is 0 Å². The molecule has 0 atom stereocenters. The van der Waals surface area contributed by atoms with Gasteiger partial charge in [-0.05, 0) is 37.8 Å². The first-order valence-corrected chi connectivity index (χ1v) is 7.80. The van der Waals surface area contributed by atoms with E-state index in [-0.39, 0.29) is 10.6 Å². The smallest absolute Gasteiger partial charge is 0.269 e. The quantitative estimate of drug-likeness (QED) is 0.693. The highest BCUT2D eigenvalue weighted by Gasteiger charge is 2.20. The van der Waals surface area contributed by atoms with Crippen molar-refractivity contribution in [3.05, 3.63) is 45.6 Å². The molecule has 1 aliphatic heterocycles. The molecule has 22 heavy (non-hydrogen) atoms. The Balaban J connectivity index is 2.04. The van der Waals surface area contributed by atoms with Crippen LogP contribution in [-0.2, 0) is 12.8 Å². The monoisotopic (exact) mass is 300 g/mol. The molecule has 0 fully saturated rings. The average Bonchev–Trinajstić information content (AvgIpc) is 2.71. The first-order chi connectivity index (χ1) is 10.7. The Kier molecular flexibility index (Phi) is 4.09. The molecule has 0 radical (unpaired) electrons. The van der Waals surface area contributed by atoms with Crippen LogP contribution in [0, 0.1) is 10.1 Å². The van der Waals surface area contributed by atoms with Gasteiger partial charge in [0.05, 0.1) is 16.3 Å². The van der Waals surface area contributed by atoms with Gasteiger partial charge < -0.3 is 5.32 Å². The third-order valence-corrected chi connectivity index (χ3v) is 4.00. The maximum atomic E-state index is 10.8. The maximum absolute atomic E-state index is 10.8. The van der Waals surface area contributed by atoms with Gasteiger partial charge >= 0.3 is 0 Å². The molecule has 0 aliphatic carbocycles. The molecule has 2 heterocycles. The zero-order valence-corrected chi connectivity index (χ0v) is 12.7. The molecule has 0 spiro atoms. The van der Waals surface area contributed by atoms with E-state index in [1.54, 1.807) is 12.1 Å². The van der Waals surface area contributed by atoms with Crippen molar-refractivity contribution in [1.29, 1.82) is 0 Å². The highest BCUT2D eigenvalue weighted by atomic mass is 16.6. The molecular weight excluding hydrogens is 280 g/mol. The van der Waals surface area contributed by atoms with Crippen molar-refractivity contribution < 1.29 is 4.92 Å². The summed E-state index contributed by atoms with van der Waals surface area (Å²) in [6, 6.07) is 6.57. The summed E-state index contributed by atoms with van der Waals surface area (Å²) in [6.07, 6.45) is 5.39. The van der Waals surface area contributed by atoms with Crippen LogP contribution in [0.4, 0.5) is 11.5 Å². The number of aryl methyl sites for hydroxylation is 1. The van der Waals surface area contributed by atoms with Crippen molar-refractivity contribution in [2.75, 3.05) is 11.9 Å². The lowest BCUT2D eigenvalue weighted by molar-refractivity contribution is -0.384. The molecule has 2 aromatic rings. The van der Waals surface area contributed by atoms with Gasteiger partial charge in [-0.2, -0.15) is 5.10 Å². The number of fused-ring (bicyclic) bond motifs is 1. The highest BCUT2D eigenvalue weighted by Crippen LogP contribution is 2.29. The van der Waals surface area contributed by atoms with E-state index in [4.69, 9.17) is 5.10 Å². The molecule has 116 valence electrons. The summed E-state index contributed by atoms with van der Waals surface area (Å²) >= 11 is 0. The van der Waals surface area contributed by atoms with Crippen LogP contribution in [0.15, 0.2) is 24.3 Å². The van der Waals surface area contributed by atoms with Crippen LogP contribution in [0.25, 0.3) is 5.69 Å². The molecule has 1 N–H and O–H groups in total. The van der Waals surface area contributed by atoms with Crippen LogP contribution < -0.4 is 5.32 Å². The predicted octanol–water partition coefficient (Wildman–Crippen LogP) is 3.48. The second-order valence-corrected chi connectivity index (χ2v) is 5.59. The van der Waals surface area contributed by atoms with E-state index in [0.29, 0.717) is 0 Å². The first-order valence-electron chi connectivity index (χ1n) is 7.80. The predicted molar refractivity (Wildman–Crippen MR) is 85.6 cm³/mol. The zero-order chi connectivity index (χ0) is 15.5. The van der Waals surface area contributed by atoms with Crippen molar-refractivity contribution in [2.24, 2.45) is 0 Å². The average molecular weight is 300 g/mol. The van der Waals surface area contributed by atoms with Crippen LogP contribution >= 0.6 is 0 Å². The molecule has 0 amide bonds. The Morgan fingerprint density at radius 2 is 2.09 bits per heavy atom. The molecule has 6 heteroatoms. The number of nitro groups is 1. The standard InChI is InChI=1S/C16H20N4O2/c1-2-5-15-14-6-3-4-11-17-16(14)19(18-15)12-7-9-13(10-8-12)20(21)22/h7-10,17H,2-6,11H2,1H3. The maximum Gasteiger partial charge on any atom is 0.269 e. The summed E-state index contributed by atoms with van der Waals surface area (Å²) in [5.41, 5.74) is 3.41. The fraction of sp³-hybridized carbons (Fsp3) is 0.438.